The predicted octanol–water partition coefficient (Wildman–Crippen LogP) is 6.74. The van der Waals surface area contributed by atoms with Crippen LogP contribution >= 0.6 is 0 Å². The van der Waals surface area contributed by atoms with Gasteiger partial charge in [0.05, 0.1) is 6.10 Å². The molecule has 3 heterocycles. The molecule has 1 saturated heterocycles. The second-order valence-corrected chi connectivity index (χ2v) is 11.0. The number of aromatic nitrogens is 2. The number of halogens is 1. The van der Waals surface area contributed by atoms with Gasteiger partial charge < -0.3 is 4.74 Å². The molecule has 3 aromatic rings. The van der Waals surface area contributed by atoms with E-state index in [4.69, 9.17) is 4.74 Å². The Morgan fingerprint density at radius 1 is 1.16 bits per heavy atom. The number of hydrogen-bond acceptors (Lipinski definition) is 4. The van der Waals surface area contributed by atoms with Crippen molar-refractivity contribution < 1.29 is 13.9 Å². The molecule has 0 radical (unpaired) electrons. The fourth-order valence-corrected chi connectivity index (χ4v) is 6.25. The third kappa shape index (κ3) is 4.65. The molecule has 1 aromatic heterocycles. The maximum absolute atomic E-state index is 14.3. The van der Waals surface area contributed by atoms with E-state index in [1.165, 1.54) is 17.7 Å². The van der Waals surface area contributed by atoms with E-state index in [0.717, 1.165) is 56.8 Å². The Bertz CT molecular complexity index is 1270. The molecular formula is C30H37FN4O2. The molecule has 2 aromatic carbocycles. The molecule has 1 spiro atoms. The number of benzene rings is 2. The minimum absolute atomic E-state index is 0.123. The number of rotatable bonds is 8. The van der Waals surface area contributed by atoms with Crippen LogP contribution in [0.15, 0.2) is 60.9 Å². The summed E-state index contributed by atoms with van der Waals surface area (Å²) in [5.41, 5.74) is 0.981. The second-order valence-electron chi connectivity index (χ2n) is 11.0. The Hall–Kier alpha value is -3.19. The molecule has 6 nitrogen and oxygen atoms in total. The lowest BCUT2D eigenvalue weighted by Crippen LogP contribution is -2.60. The Labute approximate surface area is 219 Å². The highest BCUT2D eigenvalue weighted by Crippen LogP contribution is 2.51. The Kier molecular flexibility index (Phi) is 6.84. The first-order valence-electron chi connectivity index (χ1n) is 13.4. The van der Waals surface area contributed by atoms with E-state index < -0.39 is 5.54 Å². The fraction of sp³-hybridized carbons (Fsp3) is 0.467. The van der Waals surface area contributed by atoms with Gasteiger partial charge in [0.15, 0.2) is 0 Å². The standard InChI is InChI=1S/C30H37FN4O2/c1-5-6-13-29(4)21-30(14-16-33(29)20-23-9-7-12-26(18-23)37-22(2)3)27-32-15-17-34(27)28(36)35(30)25-11-8-10-24(31)19-25/h7-12,15,17-19,22H,5-6,13-14,16,20-21H2,1-4H3. The topological polar surface area (TPSA) is 50.6 Å². The number of anilines is 1. The Morgan fingerprint density at radius 2 is 1.97 bits per heavy atom. The summed E-state index contributed by atoms with van der Waals surface area (Å²) >= 11 is 0. The number of hydrogen-bond donors (Lipinski definition) is 0. The van der Waals surface area contributed by atoms with Crippen molar-refractivity contribution in [3.63, 3.8) is 0 Å². The van der Waals surface area contributed by atoms with Gasteiger partial charge in [-0.25, -0.2) is 14.2 Å². The number of likely N-dealkylation sites (tertiary alicyclic amines) is 1. The summed E-state index contributed by atoms with van der Waals surface area (Å²) in [5, 5.41) is 0. The first-order valence-corrected chi connectivity index (χ1v) is 13.4. The number of nitrogens with zero attached hydrogens (tertiary/aromatic N) is 4. The summed E-state index contributed by atoms with van der Waals surface area (Å²) in [7, 11) is 0. The van der Waals surface area contributed by atoms with Gasteiger partial charge in [0.2, 0.25) is 0 Å². The van der Waals surface area contributed by atoms with Gasteiger partial charge in [0.1, 0.15) is 22.9 Å². The Balaban J connectivity index is 1.51. The van der Waals surface area contributed by atoms with E-state index in [-0.39, 0.29) is 23.5 Å². The first kappa shape index (κ1) is 25.5. The minimum atomic E-state index is -0.629. The molecule has 0 bridgehead atoms. The molecular weight excluding hydrogens is 467 g/mol. The number of ether oxygens (including phenoxy) is 1. The molecule has 1 amide bonds. The van der Waals surface area contributed by atoms with Crippen LogP contribution in [0.3, 0.4) is 0 Å². The first-order chi connectivity index (χ1) is 17.8. The van der Waals surface area contributed by atoms with Gasteiger partial charge in [-0.3, -0.25) is 14.4 Å². The molecule has 2 aliphatic heterocycles. The van der Waals surface area contributed by atoms with Crippen molar-refractivity contribution in [2.45, 2.75) is 83.5 Å². The SMILES string of the molecule is CCCCC1(C)CC2(CCN1Cc1cccc(OC(C)C)c1)c1nccn1C(=O)N2c1cccc(F)c1. The van der Waals surface area contributed by atoms with Crippen LogP contribution in [0.1, 0.15) is 71.2 Å². The molecule has 0 saturated carbocycles. The van der Waals surface area contributed by atoms with Gasteiger partial charge in [-0.05, 0) is 75.9 Å². The van der Waals surface area contributed by atoms with Crippen molar-refractivity contribution in [1.29, 1.82) is 0 Å². The number of fused-ring (bicyclic) bond motifs is 2. The van der Waals surface area contributed by atoms with Gasteiger partial charge in [-0.2, -0.15) is 0 Å². The van der Waals surface area contributed by atoms with Crippen LogP contribution in [-0.2, 0) is 12.1 Å². The lowest BCUT2D eigenvalue weighted by Gasteiger charge is -2.54. The van der Waals surface area contributed by atoms with E-state index in [9.17, 15) is 9.18 Å². The van der Waals surface area contributed by atoms with E-state index in [2.05, 4.69) is 41.9 Å². The number of amides is 1. The highest BCUT2D eigenvalue weighted by molar-refractivity contribution is 5.98. The second kappa shape index (κ2) is 9.93. The van der Waals surface area contributed by atoms with Gasteiger partial charge in [0, 0.05) is 36.7 Å². The van der Waals surface area contributed by atoms with E-state index in [1.807, 2.05) is 26.0 Å². The number of unbranched alkanes of at least 4 members (excludes halogenated alkanes) is 1. The lowest BCUT2D eigenvalue weighted by atomic mass is 9.72. The van der Waals surface area contributed by atoms with Crippen LogP contribution in [0.5, 0.6) is 5.75 Å². The van der Waals surface area contributed by atoms with Gasteiger partial charge >= 0.3 is 6.03 Å². The van der Waals surface area contributed by atoms with E-state index >= 15 is 0 Å². The highest BCUT2D eigenvalue weighted by Gasteiger charge is 2.58. The molecule has 5 rings (SSSR count). The molecule has 2 aliphatic rings. The number of piperidine rings is 1. The van der Waals surface area contributed by atoms with Crippen molar-refractivity contribution in [3.8, 4) is 5.75 Å². The largest absolute Gasteiger partial charge is 0.491 e. The summed E-state index contributed by atoms with van der Waals surface area (Å²) in [6.07, 6.45) is 8.17. The van der Waals surface area contributed by atoms with Crippen LogP contribution < -0.4 is 9.64 Å². The van der Waals surface area contributed by atoms with E-state index in [1.54, 1.807) is 27.9 Å². The zero-order valence-electron chi connectivity index (χ0n) is 22.3. The van der Waals surface area contributed by atoms with Crippen LogP contribution in [0.2, 0.25) is 0 Å². The molecule has 0 aliphatic carbocycles. The fourth-order valence-electron chi connectivity index (χ4n) is 6.25. The summed E-state index contributed by atoms with van der Waals surface area (Å²) in [6, 6.07) is 14.6. The van der Waals surface area contributed by atoms with Crippen molar-refractivity contribution in [2.75, 3.05) is 11.4 Å². The van der Waals surface area contributed by atoms with Crippen LogP contribution in [0, 0.1) is 5.82 Å². The predicted molar refractivity (Wildman–Crippen MR) is 143 cm³/mol. The molecule has 37 heavy (non-hydrogen) atoms. The quantitative estimate of drug-likeness (QED) is 0.341. The zero-order chi connectivity index (χ0) is 26.2. The lowest BCUT2D eigenvalue weighted by molar-refractivity contribution is 0.00521. The Morgan fingerprint density at radius 3 is 2.73 bits per heavy atom. The van der Waals surface area contributed by atoms with Gasteiger partial charge in [0.25, 0.3) is 0 Å². The molecule has 2 unspecified atom stereocenters. The maximum Gasteiger partial charge on any atom is 0.335 e. The van der Waals surface area contributed by atoms with Crippen molar-refractivity contribution in [2.24, 2.45) is 0 Å². The summed E-state index contributed by atoms with van der Waals surface area (Å²) in [5.74, 6) is 1.30. The molecule has 2 atom stereocenters. The smallest absolute Gasteiger partial charge is 0.335 e. The number of imidazole rings is 1. The number of carbonyl (C=O) groups excluding carboxylic acids is 1. The van der Waals surface area contributed by atoms with Crippen molar-refractivity contribution in [3.05, 3.63) is 78.1 Å². The maximum atomic E-state index is 14.3. The highest BCUT2D eigenvalue weighted by atomic mass is 19.1. The van der Waals surface area contributed by atoms with Crippen LogP contribution in [-0.4, -0.2) is 38.7 Å². The molecule has 1 fully saturated rings. The third-order valence-corrected chi connectivity index (χ3v) is 7.89. The summed E-state index contributed by atoms with van der Waals surface area (Å²) in [6.45, 7) is 10.2. The number of carbonyl (C=O) groups is 1. The van der Waals surface area contributed by atoms with Crippen molar-refractivity contribution >= 4 is 11.7 Å². The summed E-state index contributed by atoms with van der Waals surface area (Å²) < 4.78 is 21.9. The van der Waals surface area contributed by atoms with Crippen molar-refractivity contribution in [1.82, 2.24) is 14.5 Å². The van der Waals surface area contributed by atoms with Crippen LogP contribution in [0.25, 0.3) is 0 Å². The zero-order valence-corrected chi connectivity index (χ0v) is 22.3. The third-order valence-electron chi connectivity index (χ3n) is 7.89. The molecule has 0 N–H and O–H groups in total. The van der Waals surface area contributed by atoms with E-state index in [0.29, 0.717) is 5.69 Å². The van der Waals surface area contributed by atoms with Crippen LogP contribution in [0.4, 0.5) is 14.9 Å². The van der Waals surface area contributed by atoms with Gasteiger partial charge in [-0.15, -0.1) is 0 Å². The van der Waals surface area contributed by atoms with Gasteiger partial charge in [-0.1, -0.05) is 38.0 Å². The molecule has 196 valence electrons. The normalized spacial score (nSPS) is 23.7. The molecule has 7 heteroatoms. The average Bonchev–Trinajstić information content (AvgIpc) is 3.42. The minimum Gasteiger partial charge on any atom is -0.491 e. The average molecular weight is 505 g/mol. The monoisotopic (exact) mass is 504 g/mol. The summed E-state index contributed by atoms with van der Waals surface area (Å²) in [4.78, 5) is 22.7.